The van der Waals surface area contributed by atoms with E-state index < -0.39 is 22.1 Å². The molecule has 1 fully saturated rings. The monoisotopic (exact) mass is 415 g/mol. The van der Waals surface area contributed by atoms with Gasteiger partial charge in [-0.1, -0.05) is 37.3 Å². The second-order valence-corrected chi connectivity index (χ2v) is 9.04. The van der Waals surface area contributed by atoms with Gasteiger partial charge in [0, 0.05) is 18.7 Å². The highest BCUT2D eigenvalue weighted by Crippen LogP contribution is 2.22. The van der Waals surface area contributed by atoms with Crippen molar-refractivity contribution in [1.29, 1.82) is 0 Å². The van der Waals surface area contributed by atoms with E-state index in [-0.39, 0.29) is 16.2 Å². The molecule has 2 aromatic carbocycles. The maximum atomic E-state index is 12.7. The number of aryl methyl sites for hydroxylation is 1. The number of hydrogen-bond acceptors (Lipinski definition) is 5. The topological polar surface area (TPSA) is 80.8 Å². The third kappa shape index (κ3) is 4.74. The lowest BCUT2D eigenvalue weighted by molar-refractivity contribution is 0.0318. The molecule has 7 heteroatoms. The number of carbonyl (C=O) groups excluding carboxylic acids is 2. The standard InChI is InChI=1S/C22H25NO5S/c1-3-17-9-11-18(12-10-17)21(24)16(2)28-22(25)19-7-6-8-20(15-19)29(26,27)23-13-4-5-14-23/h6-12,15-16H,3-5,13-14H2,1-2H3/t16-/m0/s1. The summed E-state index contributed by atoms with van der Waals surface area (Å²) in [7, 11) is -3.63. The Hall–Kier alpha value is -2.51. The second-order valence-electron chi connectivity index (χ2n) is 7.10. The van der Waals surface area contributed by atoms with Crippen LogP contribution in [0.25, 0.3) is 0 Å². The predicted octanol–water partition coefficient (Wildman–Crippen LogP) is 3.46. The highest BCUT2D eigenvalue weighted by atomic mass is 32.2. The van der Waals surface area contributed by atoms with Gasteiger partial charge in [-0.05, 0) is 49.9 Å². The second kappa shape index (κ2) is 8.88. The third-order valence-electron chi connectivity index (χ3n) is 5.07. The molecule has 1 aliphatic heterocycles. The Morgan fingerprint density at radius 2 is 1.69 bits per heavy atom. The number of hydrogen-bond donors (Lipinski definition) is 0. The van der Waals surface area contributed by atoms with Crippen LogP contribution < -0.4 is 0 Å². The van der Waals surface area contributed by atoms with Crippen LogP contribution in [0.3, 0.4) is 0 Å². The van der Waals surface area contributed by atoms with Gasteiger partial charge in [-0.2, -0.15) is 4.31 Å². The number of rotatable bonds is 7. The molecular weight excluding hydrogens is 390 g/mol. The Bertz CT molecular complexity index is 992. The Kier molecular flexibility index (Phi) is 6.49. The lowest BCUT2D eigenvalue weighted by atomic mass is 10.0. The number of benzene rings is 2. The molecule has 0 amide bonds. The molecule has 0 bridgehead atoms. The van der Waals surface area contributed by atoms with E-state index in [1.54, 1.807) is 12.1 Å². The van der Waals surface area contributed by atoms with Gasteiger partial charge in [-0.25, -0.2) is 13.2 Å². The van der Waals surface area contributed by atoms with Crippen LogP contribution in [0.4, 0.5) is 0 Å². The number of Topliss-reactive ketones (excluding diaryl/α,β-unsaturated/α-hetero) is 1. The summed E-state index contributed by atoms with van der Waals surface area (Å²) in [6, 6.07) is 12.9. The molecule has 3 rings (SSSR count). The fourth-order valence-electron chi connectivity index (χ4n) is 3.28. The summed E-state index contributed by atoms with van der Waals surface area (Å²) in [5.74, 6) is -1.03. The van der Waals surface area contributed by atoms with Crippen molar-refractivity contribution < 1.29 is 22.7 Å². The molecule has 1 saturated heterocycles. The molecule has 0 spiro atoms. The minimum absolute atomic E-state index is 0.0583. The van der Waals surface area contributed by atoms with Crippen molar-refractivity contribution in [2.75, 3.05) is 13.1 Å². The fraction of sp³-hybridized carbons (Fsp3) is 0.364. The molecule has 0 aliphatic carbocycles. The number of nitrogens with zero attached hydrogens (tertiary/aromatic N) is 1. The first-order chi connectivity index (χ1) is 13.8. The van der Waals surface area contributed by atoms with Crippen LogP contribution in [0.2, 0.25) is 0 Å². The van der Waals surface area contributed by atoms with Gasteiger partial charge in [0.15, 0.2) is 6.10 Å². The first kappa shape index (κ1) is 21.2. The molecule has 0 N–H and O–H groups in total. The van der Waals surface area contributed by atoms with Gasteiger partial charge in [0.1, 0.15) is 0 Å². The highest BCUT2D eigenvalue weighted by molar-refractivity contribution is 7.89. The molecule has 0 radical (unpaired) electrons. The number of ketones is 1. The maximum Gasteiger partial charge on any atom is 0.338 e. The van der Waals surface area contributed by atoms with Crippen LogP contribution in [0.5, 0.6) is 0 Å². The molecule has 2 aromatic rings. The summed E-state index contributed by atoms with van der Waals surface area (Å²) < 4.78 is 32.1. The average molecular weight is 416 g/mol. The molecular formula is C22H25NO5S. The highest BCUT2D eigenvalue weighted by Gasteiger charge is 2.28. The molecule has 0 aromatic heterocycles. The molecule has 0 unspecified atom stereocenters. The predicted molar refractivity (Wildman–Crippen MR) is 109 cm³/mol. The minimum atomic E-state index is -3.63. The molecule has 6 nitrogen and oxygen atoms in total. The summed E-state index contributed by atoms with van der Waals surface area (Å²) >= 11 is 0. The van der Waals surface area contributed by atoms with E-state index in [1.807, 2.05) is 19.1 Å². The molecule has 1 aliphatic rings. The number of ether oxygens (including phenoxy) is 1. The summed E-state index contributed by atoms with van der Waals surface area (Å²) in [4.78, 5) is 25.1. The van der Waals surface area contributed by atoms with Crippen molar-refractivity contribution in [3.05, 3.63) is 65.2 Å². The van der Waals surface area contributed by atoms with Crippen molar-refractivity contribution in [2.24, 2.45) is 0 Å². The Morgan fingerprint density at radius 3 is 2.31 bits per heavy atom. The zero-order valence-corrected chi connectivity index (χ0v) is 17.4. The Balaban J connectivity index is 1.72. The normalized spacial score (nSPS) is 15.8. The van der Waals surface area contributed by atoms with Gasteiger partial charge >= 0.3 is 5.97 Å². The molecule has 29 heavy (non-hydrogen) atoms. The summed E-state index contributed by atoms with van der Waals surface area (Å²) in [6.45, 7) is 4.51. The van der Waals surface area contributed by atoms with Crippen LogP contribution in [0.1, 0.15) is 53.0 Å². The van der Waals surface area contributed by atoms with Crippen molar-refractivity contribution in [3.8, 4) is 0 Å². The maximum absolute atomic E-state index is 12.7. The number of carbonyl (C=O) groups is 2. The first-order valence-corrected chi connectivity index (χ1v) is 11.2. The minimum Gasteiger partial charge on any atom is -0.451 e. The summed E-state index contributed by atoms with van der Waals surface area (Å²) in [5, 5.41) is 0. The lowest BCUT2D eigenvalue weighted by Crippen LogP contribution is -2.28. The van der Waals surface area contributed by atoms with Crippen LogP contribution in [0, 0.1) is 0 Å². The van der Waals surface area contributed by atoms with E-state index in [2.05, 4.69) is 0 Å². The number of sulfonamides is 1. The quantitative estimate of drug-likeness (QED) is 0.511. The lowest BCUT2D eigenvalue weighted by Gasteiger charge is -2.16. The van der Waals surface area contributed by atoms with Gasteiger partial charge in [0.2, 0.25) is 15.8 Å². The van der Waals surface area contributed by atoms with Crippen molar-refractivity contribution in [1.82, 2.24) is 4.31 Å². The van der Waals surface area contributed by atoms with Crippen LogP contribution in [0.15, 0.2) is 53.4 Å². The van der Waals surface area contributed by atoms with E-state index in [4.69, 9.17) is 4.74 Å². The molecule has 1 heterocycles. The Labute approximate surface area is 171 Å². The Morgan fingerprint density at radius 1 is 1.03 bits per heavy atom. The van der Waals surface area contributed by atoms with Gasteiger partial charge in [0.25, 0.3) is 0 Å². The van der Waals surface area contributed by atoms with Gasteiger partial charge in [-0.3, -0.25) is 4.79 Å². The third-order valence-corrected chi connectivity index (χ3v) is 6.97. The summed E-state index contributed by atoms with van der Waals surface area (Å²) in [6.07, 6.45) is 1.56. The average Bonchev–Trinajstić information content (AvgIpc) is 3.29. The smallest absolute Gasteiger partial charge is 0.338 e. The van der Waals surface area contributed by atoms with E-state index in [1.165, 1.54) is 35.5 Å². The zero-order chi connectivity index (χ0) is 21.0. The zero-order valence-electron chi connectivity index (χ0n) is 16.6. The number of esters is 1. The first-order valence-electron chi connectivity index (χ1n) is 9.77. The van der Waals surface area contributed by atoms with Crippen molar-refractivity contribution in [2.45, 2.75) is 44.1 Å². The largest absolute Gasteiger partial charge is 0.451 e. The molecule has 1 atom stereocenters. The van der Waals surface area contributed by atoms with Gasteiger partial charge in [-0.15, -0.1) is 0 Å². The summed E-state index contributed by atoms with van der Waals surface area (Å²) in [5.41, 5.74) is 1.68. The van der Waals surface area contributed by atoms with E-state index in [0.29, 0.717) is 18.7 Å². The molecule has 0 saturated carbocycles. The van der Waals surface area contributed by atoms with Crippen molar-refractivity contribution >= 4 is 21.8 Å². The van der Waals surface area contributed by atoms with Crippen LogP contribution in [-0.4, -0.2) is 43.7 Å². The fourth-order valence-corrected chi connectivity index (χ4v) is 4.85. The van der Waals surface area contributed by atoms with Gasteiger partial charge < -0.3 is 4.74 Å². The molecule has 154 valence electrons. The van der Waals surface area contributed by atoms with E-state index in [9.17, 15) is 18.0 Å². The van der Waals surface area contributed by atoms with Crippen molar-refractivity contribution in [3.63, 3.8) is 0 Å². The van der Waals surface area contributed by atoms with E-state index >= 15 is 0 Å². The van der Waals surface area contributed by atoms with Crippen LogP contribution in [-0.2, 0) is 21.2 Å². The van der Waals surface area contributed by atoms with Gasteiger partial charge in [0.05, 0.1) is 10.5 Å². The SMILES string of the molecule is CCc1ccc(C(=O)[C@H](C)OC(=O)c2cccc(S(=O)(=O)N3CCCC3)c2)cc1. The van der Waals surface area contributed by atoms with Crippen LogP contribution >= 0.6 is 0 Å². The van der Waals surface area contributed by atoms with E-state index in [0.717, 1.165) is 24.8 Å².